The lowest BCUT2D eigenvalue weighted by atomic mass is 10.0. The summed E-state index contributed by atoms with van der Waals surface area (Å²) in [5, 5.41) is 11.9. The largest absolute Gasteiger partial charge is 0.493 e. The van der Waals surface area contributed by atoms with Gasteiger partial charge in [0.2, 0.25) is 0 Å². The standard InChI is InChI=1S/C13H11NO5S2/c1-18-7-4-3-6(9(12(16)17)10(7)19-2)5-8-11(15)14-13(20)21-8/h3-5H,1-2H3,(H,16,17)(H,14,15,20)/b8-5-. The van der Waals surface area contributed by atoms with Crippen molar-refractivity contribution < 1.29 is 24.2 Å². The van der Waals surface area contributed by atoms with Gasteiger partial charge in [0.15, 0.2) is 11.5 Å². The predicted octanol–water partition coefficient (Wildman–Crippen LogP) is 1.89. The molecule has 1 fully saturated rings. The maximum atomic E-state index is 11.7. The van der Waals surface area contributed by atoms with E-state index in [0.29, 0.717) is 20.5 Å². The fourth-order valence-electron chi connectivity index (χ4n) is 1.85. The molecule has 0 aliphatic carbocycles. The number of methoxy groups -OCH3 is 2. The molecule has 21 heavy (non-hydrogen) atoms. The summed E-state index contributed by atoms with van der Waals surface area (Å²) >= 11 is 5.97. The smallest absolute Gasteiger partial charge is 0.340 e. The minimum Gasteiger partial charge on any atom is -0.493 e. The molecule has 0 atom stereocenters. The van der Waals surface area contributed by atoms with Crippen LogP contribution in [0.15, 0.2) is 17.0 Å². The Morgan fingerprint density at radius 3 is 2.57 bits per heavy atom. The Kier molecular flexibility index (Phi) is 4.49. The van der Waals surface area contributed by atoms with E-state index in [4.69, 9.17) is 21.7 Å². The summed E-state index contributed by atoms with van der Waals surface area (Å²) in [6.07, 6.45) is 1.46. The first-order chi connectivity index (χ1) is 9.97. The molecule has 1 aromatic rings. The first-order valence-corrected chi connectivity index (χ1v) is 6.93. The topological polar surface area (TPSA) is 84.9 Å². The van der Waals surface area contributed by atoms with E-state index in [1.54, 1.807) is 12.1 Å². The Labute approximate surface area is 130 Å². The van der Waals surface area contributed by atoms with Crippen LogP contribution in [0.3, 0.4) is 0 Å². The Balaban J connectivity index is 2.59. The van der Waals surface area contributed by atoms with Gasteiger partial charge in [0.1, 0.15) is 9.88 Å². The number of benzene rings is 1. The number of carbonyl (C=O) groups is 2. The molecule has 0 saturated carbocycles. The number of hydrogen-bond donors (Lipinski definition) is 2. The van der Waals surface area contributed by atoms with E-state index in [-0.39, 0.29) is 17.2 Å². The van der Waals surface area contributed by atoms with Gasteiger partial charge in [0.05, 0.1) is 19.1 Å². The number of hydrogen-bond acceptors (Lipinski definition) is 6. The fraction of sp³-hybridized carbons (Fsp3) is 0.154. The third kappa shape index (κ3) is 3.01. The van der Waals surface area contributed by atoms with Crippen LogP contribution < -0.4 is 14.8 Å². The third-order valence-corrected chi connectivity index (χ3v) is 3.88. The zero-order valence-corrected chi connectivity index (χ0v) is 12.8. The number of carboxylic acid groups (broad SMARTS) is 1. The van der Waals surface area contributed by atoms with E-state index >= 15 is 0 Å². The molecule has 1 aliphatic heterocycles. The Hall–Kier alpha value is -2.06. The molecule has 2 rings (SSSR count). The van der Waals surface area contributed by atoms with E-state index in [1.165, 1.54) is 20.3 Å². The highest BCUT2D eigenvalue weighted by Crippen LogP contribution is 2.36. The van der Waals surface area contributed by atoms with Crippen LogP contribution in [0, 0.1) is 0 Å². The van der Waals surface area contributed by atoms with Gasteiger partial charge in [0.25, 0.3) is 5.91 Å². The molecule has 1 heterocycles. The van der Waals surface area contributed by atoms with Crippen molar-refractivity contribution in [2.45, 2.75) is 0 Å². The highest BCUT2D eigenvalue weighted by Gasteiger charge is 2.25. The highest BCUT2D eigenvalue weighted by atomic mass is 32.2. The fourth-order valence-corrected chi connectivity index (χ4v) is 2.88. The summed E-state index contributed by atoms with van der Waals surface area (Å²) in [7, 11) is 2.77. The van der Waals surface area contributed by atoms with Crippen molar-refractivity contribution in [1.29, 1.82) is 0 Å². The summed E-state index contributed by atoms with van der Waals surface area (Å²) in [6, 6.07) is 3.13. The van der Waals surface area contributed by atoms with Gasteiger partial charge in [-0.2, -0.15) is 0 Å². The molecule has 8 heteroatoms. The quantitative estimate of drug-likeness (QED) is 0.646. The highest BCUT2D eigenvalue weighted by molar-refractivity contribution is 8.26. The minimum absolute atomic E-state index is 0.0735. The van der Waals surface area contributed by atoms with Crippen LogP contribution in [0.1, 0.15) is 15.9 Å². The number of carboxylic acids is 1. The van der Waals surface area contributed by atoms with Crippen molar-refractivity contribution in [3.8, 4) is 11.5 Å². The number of nitrogens with one attached hydrogen (secondary N) is 1. The number of carbonyl (C=O) groups excluding carboxylic acids is 1. The first-order valence-electron chi connectivity index (χ1n) is 5.71. The molecule has 1 aromatic carbocycles. The van der Waals surface area contributed by atoms with Crippen LogP contribution in [0.4, 0.5) is 0 Å². The van der Waals surface area contributed by atoms with Crippen LogP contribution in [-0.4, -0.2) is 35.5 Å². The van der Waals surface area contributed by atoms with Crippen molar-refractivity contribution in [2.24, 2.45) is 0 Å². The predicted molar refractivity (Wildman–Crippen MR) is 82.8 cm³/mol. The van der Waals surface area contributed by atoms with Gasteiger partial charge in [-0.1, -0.05) is 30.0 Å². The molecule has 0 radical (unpaired) electrons. The molecule has 1 aliphatic rings. The van der Waals surface area contributed by atoms with Crippen LogP contribution >= 0.6 is 24.0 Å². The van der Waals surface area contributed by atoms with Gasteiger partial charge in [0, 0.05) is 0 Å². The third-order valence-electron chi connectivity index (χ3n) is 2.72. The molecule has 2 N–H and O–H groups in total. The second kappa shape index (κ2) is 6.15. The van der Waals surface area contributed by atoms with Crippen LogP contribution in [0.5, 0.6) is 11.5 Å². The normalized spacial score (nSPS) is 16.0. The molecule has 110 valence electrons. The van der Waals surface area contributed by atoms with Crippen molar-refractivity contribution in [3.63, 3.8) is 0 Å². The first kappa shape index (κ1) is 15.3. The zero-order valence-electron chi connectivity index (χ0n) is 11.1. The van der Waals surface area contributed by atoms with E-state index in [9.17, 15) is 14.7 Å². The number of thiocarbonyl (C=S) groups is 1. The van der Waals surface area contributed by atoms with E-state index in [0.717, 1.165) is 11.8 Å². The average molecular weight is 325 g/mol. The van der Waals surface area contributed by atoms with Crippen LogP contribution in [0.2, 0.25) is 0 Å². The lowest BCUT2D eigenvalue weighted by molar-refractivity contribution is -0.115. The molecule has 0 aromatic heterocycles. The second-order valence-electron chi connectivity index (χ2n) is 3.92. The minimum atomic E-state index is -1.18. The summed E-state index contributed by atoms with van der Waals surface area (Å²) < 4.78 is 10.5. The molecule has 0 spiro atoms. The molecule has 0 bridgehead atoms. The van der Waals surface area contributed by atoms with Crippen LogP contribution in [0.25, 0.3) is 6.08 Å². The molecule has 0 unspecified atom stereocenters. The second-order valence-corrected chi connectivity index (χ2v) is 5.64. The summed E-state index contributed by atoms with van der Waals surface area (Å²) in [5.74, 6) is -1.12. The van der Waals surface area contributed by atoms with Crippen molar-refractivity contribution in [3.05, 3.63) is 28.2 Å². The summed E-state index contributed by atoms with van der Waals surface area (Å²) in [4.78, 5) is 23.5. The summed E-state index contributed by atoms with van der Waals surface area (Å²) in [5.41, 5.74) is 0.262. The number of rotatable bonds is 4. The van der Waals surface area contributed by atoms with Gasteiger partial charge < -0.3 is 19.9 Å². The lowest BCUT2D eigenvalue weighted by Gasteiger charge is -2.12. The average Bonchev–Trinajstić information content (AvgIpc) is 2.75. The van der Waals surface area contributed by atoms with Crippen molar-refractivity contribution in [1.82, 2.24) is 5.32 Å². The van der Waals surface area contributed by atoms with Crippen molar-refractivity contribution >= 4 is 46.3 Å². The molecular formula is C13H11NO5S2. The van der Waals surface area contributed by atoms with Gasteiger partial charge in [-0.15, -0.1) is 0 Å². The zero-order chi connectivity index (χ0) is 15.6. The number of ether oxygens (including phenoxy) is 2. The monoisotopic (exact) mass is 325 g/mol. The number of amides is 1. The Morgan fingerprint density at radius 1 is 1.38 bits per heavy atom. The van der Waals surface area contributed by atoms with E-state index in [1.807, 2.05) is 0 Å². The Morgan fingerprint density at radius 2 is 2.10 bits per heavy atom. The Bertz CT molecular complexity index is 669. The van der Waals surface area contributed by atoms with Gasteiger partial charge in [-0.3, -0.25) is 4.79 Å². The van der Waals surface area contributed by atoms with E-state index < -0.39 is 5.97 Å². The number of thioether (sulfide) groups is 1. The lowest BCUT2D eigenvalue weighted by Crippen LogP contribution is -2.17. The van der Waals surface area contributed by atoms with Gasteiger partial charge >= 0.3 is 5.97 Å². The summed E-state index contributed by atoms with van der Waals surface area (Å²) in [6.45, 7) is 0. The van der Waals surface area contributed by atoms with Gasteiger partial charge in [-0.05, 0) is 17.7 Å². The number of aromatic carboxylic acids is 1. The maximum Gasteiger partial charge on any atom is 0.340 e. The molecule has 6 nitrogen and oxygen atoms in total. The van der Waals surface area contributed by atoms with Crippen LogP contribution in [-0.2, 0) is 4.79 Å². The van der Waals surface area contributed by atoms with Gasteiger partial charge in [-0.25, -0.2) is 4.79 Å². The van der Waals surface area contributed by atoms with Crippen molar-refractivity contribution in [2.75, 3.05) is 14.2 Å². The van der Waals surface area contributed by atoms with E-state index in [2.05, 4.69) is 5.32 Å². The molecular weight excluding hydrogens is 314 g/mol. The maximum absolute atomic E-state index is 11.7. The molecule has 1 saturated heterocycles. The SMILES string of the molecule is COc1ccc(/C=C2\SC(=S)NC2=O)c(C(=O)O)c1OC. The molecule has 1 amide bonds.